The van der Waals surface area contributed by atoms with Crippen LogP contribution in [0, 0.1) is 0 Å². The summed E-state index contributed by atoms with van der Waals surface area (Å²) in [6, 6.07) is 10.3. The molecule has 0 aliphatic carbocycles. The zero-order valence-corrected chi connectivity index (χ0v) is 34.6. The summed E-state index contributed by atoms with van der Waals surface area (Å²) < 4.78 is 75.4. The number of methoxy groups -OCH3 is 1. The van der Waals surface area contributed by atoms with E-state index in [1.807, 2.05) is 45.9 Å². The van der Waals surface area contributed by atoms with Gasteiger partial charge in [-0.25, -0.2) is 13.8 Å². The van der Waals surface area contributed by atoms with Crippen LogP contribution in [0.2, 0.25) is 0 Å². The third kappa shape index (κ3) is 6.98. The lowest BCUT2D eigenvalue weighted by Crippen LogP contribution is -2.67. The van der Waals surface area contributed by atoms with Crippen LogP contribution in [0.5, 0.6) is 5.88 Å². The van der Waals surface area contributed by atoms with Crippen molar-refractivity contribution < 1.29 is 55.6 Å². The SMILES string of the molecule is CC1(C)C(=O)NC2(COC2)c2ccc(C(F)F)nc21.CCC1(CC)C(=O)NC2(COC2)c2ccc(COC(F)F)nc21.COc1ccc2c(n1)C(C)(C)C(=O)NC21COC1. The lowest BCUT2D eigenvalue weighted by Gasteiger charge is -2.50. The second kappa shape index (κ2) is 15.6. The summed E-state index contributed by atoms with van der Waals surface area (Å²) in [5, 5.41) is 9.09. The number of alkyl halides is 4. The molecule has 0 bridgehead atoms. The molecule has 0 aromatic carbocycles. The minimum absolute atomic E-state index is 0.0148. The smallest absolute Gasteiger partial charge is 0.345 e. The normalized spacial score (nSPS) is 22.2. The minimum Gasteiger partial charge on any atom is -0.481 e. The van der Waals surface area contributed by atoms with Crippen LogP contribution in [-0.4, -0.2) is 86.0 Å². The number of amides is 3. The van der Waals surface area contributed by atoms with Crippen LogP contribution in [0.25, 0.3) is 0 Å². The molecule has 3 aromatic rings. The number of hydrogen-bond donors (Lipinski definition) is 3. The number of rotatable bonds is 7. The lowest BCUT2D eigenvalue weighted by molar-refractivity contribution is -0.144. The van der Waals surface area contributed by atoms with Gasteiger partial charge in [-0.1, -0.05) is 26.0 Å². The standard InChI is InChI=1S/C16H20F2N2O3.C13H14F2N2O2.C13H16N2O3/c1-3-15(4-2)12-11(16(8-22-9-16)20-13(15)21)6-5-10(19-12)7-23-14(17)18;1-12(2)9-7(3-4-8(16-9)10(14)15)13(5-19-6-13)17-11(12)18;1-12(2)10-8(4-5-9(14-10)17-3)13(6-18-7-13)15-11(12)16/h5-6,14H,3-4,7-9H2,1-2H3,(H,20,21);3-4,10H,5-6H2,1-2H3,(H,17,18);4-5H,6-7H2,1-3H3,(H,15,16). The van der Waals surface area contributed by atoms with Crippen molar-refractivity contribution in [3.05, 3.63) is 81.6 Å². The Bertz CT molecular complexity index is 2170. The number of pyridine rings is 3. The molecule has 3 aromatic heterocycles. The Morgan fingerprint density at radius 2 is 1.08 bits per heavy atom. The summed E-state index contributed by atoms with van der Waals surface area (Å²) >= 11 is 0. The number of nitrogens with zero attached hydrogens (tertiary/aromatic N) is 3. The molecule has 0 saturated carbocycles. The number of nitrogens with one attached hydrogen (secondary N) is 3. The van der Waals surface area contributed by atoms with Crippen LogP contribution >= 0.6 is 0 Å². The summed E-state index contributed by atoms with van der Waals surface area (Å²) in [4.78, 5) is 50.2. The molecule has 18 heteroatoms. The Labute approximate surface area is 344 Å². The zero-order chi connectivity index (χ0) is 43.5. The maximum Gasteiger partial charge on any atom is 0.345 e. The predicted molar refractivity (Wildman–Crippen MR) is 205 cm³/mol. The van der Waals surface area contributed by atoms with Crippen LogP contribution < -0.4 is 20.7 Å². The third-order valence-electron chi connectivity index (χ3n) is 12.6. The van der Waals surface area contributed by atoms with Crippen LogP contribution in [-0.2, 0) is 72.8 Å². The Morgan fingerprint density at radius 1 is 0.633 bits per heavy atom. The van der Waals surface area contributed by atoms with Crippen molar-refractivity contribution >= 4 is 17.7 Å². The highest BCUT2D eigenvalue weighted by Gasteiger charge is 2.56. The topological polar surface area (TPSA) is 172 Å². The molecule has 14 nitrogen and oxygen atoms in total. The predicted octanol–water partition coefficient (Wildman–Crippen LogP) is 4.61. The molecular weight excluding hydrogens is 792 g/mol. The molecule has 9 rings (SSSR count). The molecule has 3 N–H and O–H groups in total. The Kier molecular flexibility index (Phi) is 11.3. The van der Waals surface area contributed by atoms with Crippen molar-refractivity contribution in [2.45, 2.75) is 107 Å². The number of hydrogen-bond acceptors (Lipinski definition) is 11. The molecule has 3 fully saturated rings. The monoisotopic (exact) mass is 842 g/mol. The van der Waals surface area contributed by atoms with E-state index in [4.69, 9.17) is 18.9 Å². The molecule has 324 valence electrons. The quantitative estimate of drug-likeness (QED) is 0.284. The fraction of sp³-hybridized carbons (Fsp3) is 0.571. The number of carbonyl (C=O) groups is 3. The van der Waals surface area contributed by atoms with E-state index >= 15 is 0 Å². The van der Waals surface area contributed by atoms with Crippen LogP contribution in [0.1, 0.15) is 106 Å². The maximum atomic E-state index is 12.8. The molecule has 3 spiro atoms. The molecule has 0 atom stereocenters. The molecule has 0 radical (unpaired) electrons. The molecular formula is C42H50F4N6O8. The number of aromatic nitrogens is 3. The lowest BCUT2D eigenvalue weighted by atomic mass is 9.68. The van der Waals surface area contributed by atoms with Gasteiger partial charge >= 0.3 is 6.61 Å². The highest BCUT2D eigenvalue weighted by molar-refractivity contribution is 5.92. The molecule has 60 heavy (non-hydrogen) atoms. The Morgan fingerprint density at radius 3 is 1.52 bits per heavy atom. The van der Waals surface area contributed by atoms with Gasteiger partial charge in [0.2, 0.25) is 23.6 Å². The average Bonchev–Trinajstić information content (AvgIpc) is 3.18. The molecule has 3 saturated heterocycles. The van der Waals surface area contributed by atoms with E-state index in [2.05, 4.69) is 35.6 Å². The van der Waals surface area contributed by atoms with Gasteiger partial charge in [0.05, 0.1) is 92.4 Å². The van der Waals surface area contributed by atoms with Gasteiger partial charge in [-0.05, 0) is 58.7 Å². The highest BCUT2D eigenvalue weighted by atomic mass is 19.3. The fourth-order valence-electron chi connectivity index (χ4n) is 8.47. The first-order valence-corrected chi connectivity index (χ1v) is 19.8. The second-order valence-corrected chi connectivity index (χ2v) is 17.1. The van der Waals surface area contributed by atoms with Gasteiger partial charge in [0.1, 0.15) is 22.3 Å². The maximum absolute atomic E-state index is 12.8. The van der Waals surface area contributed by atoms with Crippen molar-refractivity contribution in [2.24, 2.45) is 0 Å². The van der Waals surface area contributed by atoms with Gasteiger partial charge in [-0.3, -0.25) is 24.4 Å². The second-order valence-electron chi connectivity index (χ2n) is 17.1. The largest absolute Gasteiger partial charge is 0.481 e. The summed E-state index contributed by atoms with van der Waals surface area (Å²) in [5.74, 6) is 0.242. The van der Waals surface area contributed by atoms with Crippen LogP contribution in [0.15, 0.2) is 36.4 Å². The highest BCUT2D eigenvalue weighted by Crippen LogP contribution is 2.46. The third-order valence-corrected chi connectivity index (χ3v) is 12.6. The van der Waals surface area contributed by atoms with E-state index in [-0.39, 0.29) is 35.6 Å². The summed E-state index contributed by atoms with van der Waals surface area (Å²) in [6.45, 7) is 10.4. The molecule has 9 heterocycles. The molecule has 0 unspecified atom stereocenters. The van der Waals surface area contributed by atoms with Crippen LogP contribution in [0.3, 0.4) is 0 Å². The summed E-state index contributed by atoms with van der Waals surface area (Å²) in [5.41, 5.74) is 0.933. The number of carbonyl (C=O) groups excluding carboxylic acids is 3. The Hall–Kier alpha value is -4.78. The van der Waals surface area contributed by atoms with E-state index < -0.39 is 40.4 Å². The minimum atomic E-state index is -2.84. The van der Waals surface area contributed by atoms with Gasteiger partial charge in [0.25, 0.3) is 6.43 Å². The first-order valence-electron chi connectivity index (χ1n) is 19.8. The van der Waals surface area contributed by atoms with Gasteiger partial charge < -0.3 is 39.6 Å². The molecule has 3 amide bonds. The first kappa shape index (κ1) is 43.3. The summed E-state index contributed by atoms with van der Waals surface area (Å²) in [7, 11) is 1.58. The van der Waals surface area contributed by atoms with E-state index in [1.54, 1.807) is 33.1 Å². The fourth-order valence-corrected chi connectivity index (χ4v) is 8.47. The van der Waals surface area contributed by atoms with Gasteiger partial charge in [0, 0.05) is 22.8 Å². The zero-order valence-electron chi connectivity index (χ0n) is 34.6. The van der Waals surface area contributed by atoms with Gasteiger partial charge in [-0.2, -0.15) is 8.78 Å². The average molecular weight is 843 g/mol. The van der Waals surface area contributed by atoms with Gasteiger partial charge in [-0.15, -0.1) is 0 Å². The Balaban J connectivity index is 0.000000137. The molecule has 6 aliphatic heterocycles. The van der Waals surface area contributed by atoms with Crippen molar-refractivity contribution in [1.82, 2.24) is 30.9 Å². The van der Waals surface area contributed by atoms with E-state index in [0.29, 0.717) is 75.4 Å². The van der Waals surface area contributed by atoms with E-state index in [0.717, 1.165) is 22.4 Å². The number of ether oxygens (including phenoxy) is 5. The number of halogens is 4. The molecule has 6 aliphatic rings. The van der Waals surface area contributed by atoms with Crippen molar-refractivity contribution in [1.29, 1.82) is 0 Å². The van der Waals surface area contributed by atoms with Crippen molar-refractivity contribution in [3.63, 3.8) is 0 Å². The van der Waals surface area contributed by atoms with Crippen molar-refractivity contribution in [2.75, 3.05) is 46.8 Å². The van der Waals surface area contributed by atoms with E-state index in [1.165, 1.54) is 6.07 Å². The van der Waals surface area contributed by atoms with Crippen molar-refractivity contribution in [3.8, 4) is 5.88 Å². The number of fused-ring (bicyclic) bond motifs is 6. The van der Waals surface area contributed by atoms with Crippen LogP contribution in [0.4, 0.5) is 17.6 Å². The van der Waals surface area contributed by atoms with Gasteiger partial charge in [0.15, 0.2) is 0 Å². The van der Waals surface area contributed by atoms with E-state index in [9.17, 15) is 31.9 Å². The summed E-state index contributed by atoms with van der Waals surface area (Å²) in [6.07, 6.45) is -1.46. The first-order chi connectivity index (χ1) is 28.3.